The van der Waals surface area contributed by atoms with Crippen LogP contribution in [0.2, 0.25) is 0 Å². The molecule has 0 unspecified atom stereocenters. The molecule has 1 heterocycles. The van der Waals surface area contributed by atoms with Gasteiger partial charge in [0.25, 0.3) is 5.91 Å². The van der Waals surface area contributed by atoms with Gasteiger partial charge in [0, 0.05) is 12.7 Å². The van der Waals surface area contributed by atoms with Gasteiger partial charge in [-0.25, -0.2) is 4.98 Å². The number of aryl methyl sites for hydroxylation is 1. The van der Waals surface area contributed by atoms with Crippen molar-refractivity contribution in [2.24, 2.45) is 0 Å². The van der Waals surface area contributed by atoms with Crippen LogP contribution in [0.1, 0.15) is 16.2 Å². The van der Waals surface area contributed by atoms with E-state index in [1.54, 1.807) is 18.0 Å². The molecule has 20 heavy (non-hydrogen) atoms. The summed E-state index contributed by atoms with van der Waals surface area (Å²) in [5, 5.41) is 0. The van der Waals surface area contributed by atoms with Gasteiger partial charge in [-0.1, -0.05) is 24.3 Å². The van der Waals surface area contributed by atoms with Crippen LogP contribution in [0.5, 0.6) is 5.75 Å². The number of rotatable bonds is 5. The van der Waals surface area contributed by atoms with Crippen molar-refractivity contribution in [1.82, 2.24) is 9.88 Å². The van der Waals surface area contributed by atoms with Gasteiger partial charge in [0.2, 0.25) is 0 Å². The van der Waals surface area contributed by atoms with Crippen LogP contribution in [-0.4, -0.2) is 36.0 Å². The molecule has 0 N–H and O–H groups in total. The van der Waals surface area contributed by atoms with Crippen LogP contribution in [0.3, 0.4) is 0 Å². The molecule has 0 aliphatic heterocycles. The number of benzene rings is 1. The number of hydrogen-bond acceptors (Lipinski definition) is 3. The summed E-state index contributed by atoms with van der Waals surface area (Å²) >= 11 is 0. The molecule has 1 aromatic heterocycles. The lowest BCUT2D eigenvalue weighted by molar-refractivity contribution is 0.0768. The average molecular weight is 270 g/mol. The minimum Gasteiger partial charge on any atom is -0.492 e. The smallest absolute Gasteiger partial charge is 0.272 e. The molecule has 0 aliphatic carbocycles. The number of nitrogens with zero attached hydrogens (tertiary/aromatic N) is 2. The number of likely N-dealkylation sites (N-methyl/N-ethyl adjacent to an activating group) is 1. The van der Waals surface area contributed by atoms with Gasteiger partial charge in [-0.2, -0.15) is 0 Å². The van der Waals surface area contributed by atoms with E-state index in [-0.39, 0.29) is 5.91 Å². The number of aromatic nitrogens is 1. The first-order valence-corrected chi connectivity index (χ1v) is 6.54. The fourth-order valence-electron chi connectivity index (χ4n) is 1.78. The molecule has 104 valence electrons. The van der Waals surface area contributed by atoms with E-state index in [4.69, 9.17) is 4.74 Å². The molecule has 2 aromatic rings. The third kappa shape index (κ3) is 3.82. The Morgan fingerprint density at radius 1 is 1.15 bits per heavy atom. The lowest BCUT2D eigenvalue weighted by Gasteiger charge is -2.17. The lowest BCUT2D eigenvalue weighted by atomic mass is 10.3. The number of carbonyl (C=O) groups excluding carboxylic acids is 1. The molecule has 1 aromatic carbocycles. The fraction of sp³-hybridized carbons (Fsp3) is 0.250. The first-order chi connectivity index (χ1) is 9.66. The summed E-state index contributed by atoms with van der Waals surface area (Å²) in [5.74, 6) is 0.715. The zero-order chi connectivity index (χ0) is 14.4. The highest BCUT2D eigenvalue weighted by atomic mass is 16.5. The van der Waals surface area contributed by atoms with Crippen molar-refractivity contribution in [3.8, 4) is 5.75 Å². The molecule has 0 bridgehead atoms. The highest BCUT2D eigenvalue weighted by Crippen LogP contribution is 2.08. The topological polar surface area (TPSA) is 42.4 Å². The number of ether oxygens (including phenoxy) is 1. The molecular formula is C16H18N2O2. The summed E-state index contributed by atoms with van der Waals surface area (Å²) in [4.78, 5) is 18.0. The quantitative estimate of drug-likeness (QED) is 0.838. The van der Waals surface area contributed by atoms with Crippen molar-refractivity contribution in [3.05, 3.63) is 59.9 Å². The Kier molecular flexibility index (Phi) is 4.71. The van der Waals surface area contributed by atoms with E-state index < -0.39 is 0 Å². The normalized spacial score (nSPS) is 10.1. The highest BCUT2D eigenvalue weighted by molar-refractivity contribution is 5.92. The third-order valence-electron chi connectivity index (χ3n) is 2.89. The maximum Gasteiger partial charge on any atom is 0.272 e. The van der Waals surface area contributed by atoms with Crippen LogP contribution in [0, 0.1) is 6.92 Å². The average Bonchev–Trinajstić information content (AvgIpc) is 2.47. The predicted molar refractivity (Wildman–Crippen MR) is 77.9 cm³/mol. The lowest BCUT2D eigenvalue weighted by Crippen LogP contribution is -2.31. The summed E-state index contributed by atoms with van der Waals surface area (Å²) in [6, 6.07) is 15.0. The largest absolute Gasteiger partial charge is 0.492 e. The summed E-state index contributed by atoms with van der Waals surface area (Å²) in [6.45, 7) is 2.84. The van der Waals surface area contributed by atoms with E-state index in [0.717, 1.165) is 11.4 Å². The molecular weight excluding hydrogens is 252 g/mol. The van der Waals surface area contributed by atoms with E-state index in [9.17, 15) is 4.79 Å². The number of carbonyl (C=O) groups is 1. The molecule has 4 heteroatoms. The molecule has 2 rings (SSSR count). The van der Waals surface area contributed by atoms with Crippen LogP contribution in [0.4, 0.5) is 0 Å². The van der Waals surface area contributed by atoms with Gasteiger partial charge in [0.1, 0.15) is 18.1 Å². The van der Waals surface area contributed by atoms with Gasteiger partial charge in [-0.05, 0) is 31.2 Å². The second-order valence-electron chi connectivity index (χ2n) is 4.55. The molecule has 0 spiro atoms. The van der Waals surface area contributed by atoms with Crippen LogP contribution in [0.25, 0.3) is 0 Å². The van der Waals surface area contributed by atoms with Crippen LogP contribution >= 0.6 is 0 Å². The number of hydrogen-bond donors (Lipinski definition) is 0. The molecule has 4 nitrogen and oxygen atoms in total. The molecule has 1 amide bonds. The predicted octanol–water partition coefficient (Wildman–Crippen LogP) is 2.54. The van der Waals surface area contributed by atoms with Gasteiger partial charge in [0.05, 0.1) is 6.54 Å². The van der Waals surface area contributed by atoms with Gasteiger partial charge in [-0.3, -0.25) is 4.79 Å². The number of amides is 1. The number of para-hydroxylation sites is 1. The van der Waals surface area contributed by atoms with Crippen molar-refractivity contribution in [2.45, 2.75) is 6.92 Å². The zero-order valence-corrected chi connectivity index (χ0v) is 11.7. The van der Waals surface area contributed by atoms with Gasteiger partial charge in [0.15, 0.2) is 0 Å². The second kappa shape index (κ2) is 6.70. The Hall–Kier alpha value is -2.36. The Bertz CT molecular complexity index is 570. The molecule has 0 fully saturated rings. The number of pyridine rings is 1. The minimum absolute atomic E-state index is 0.0923. The standard InChI is InChI=1S/C16H18N2O2/c1-13-7-6-10-15(17-13)16(19)18(2)11-12-20-14-8-4-3-5-9-14/h3-10H,11-12H2,1-2H3. The second-order valence-corrected chi connectivity index (χ2v) is 4.55. The summed E-state index contributed by atoms with van der Waals surface area (Å²) < 4.78 is 5.57. The fourth-order valence-corrected chi connectivity index (χ4v) is 1.78. The SMILES string of the molecule is Cc1cccc(C(=O)N(C)CCOc2ccccc2)n1. The first-order valence-electron chi connectivity index (χ1n) is 6.54. The maximum atomic E-state index is 12.1. The highest BCUT2D eigenvalue weighted by Gasteiger charge is 2.12. The Morgan fingerprint density at radius 3 is 2.60 bits per heavy atom. The van der Waals surface area contributed by atoms with Crippen LogP contribution in [-0.2, 0) is 0 Å². The van der Waals surface area contributed by atoms with Crippen molar-refractivity contribution in [1.29, 1.82) is 0 Å². The van der Waals surface area contributed by atoms with Gasteiger partial charge >= 0.3 is 0 Å². The van der Waals surface area contributed by atoms with Crippen molar-refractivity contribution < 1.29 is 9.53 Å². The van der Waals surface area contributed by atoms with Gasteiger partial charge in [-0.15, -0.1) is 0 Å². The van der Waals surface area contributed by atoms with E-state index in [0.29, 0.717) is 18.8 Å². The van der Waals surface area contributed by atoms with E-state index in [2.05, 4.69) is 4.98 Å². The summed E-state index contributed by atoms with van der Waals surface area (Å²) in [6.07, 6.45) is 0. The first kappa shape index (κ1) is 14.1. The Balaban J connectivity index is 1.85. The Labute approximate surface area is 119 Å². The zero-order valence-electron chi connectivity index (χ0n) is 11.7. The summed E-state index contributed by atoms with van der Waals surface area (Å²) in [5.41, 5.74) is 1.30. The minimum atomic E-state index is -0.0923. The van der Waals surface area contributed by atoms with E-state index in [1.165, 1.54) is 0 Å². The van der Waals surface area contributed by atoms with Gasteiger partial charge < -0.3 is 9.64 Å². The monoisotopic (exact) mass is 270 g/mol. The van der Waals surface area contributed by atoms with Crippen molar-refractivity contribution >= 4 is 5.91 Å². The third-order valence-corrected chi connectivity index (χ3v) is 2.89. The van der Waals surface area contributed by atoms with Crippen molar-refractivity contribution in [3.63, 3.8) is 0 Å². The molecule has 0 atom stereocenters. The molecule has 0 aliphatic rings. The van der Waals surface area contributed by atoms with E-state index in [1.807, 2.05) is 49.4 Å². The molecule has 0 saturated heterocycles. The van der Waals surface area contributed by atoms with Crippen molar-refractivity contribution in [2.75, 3.05) is 20.2 Å². The van der Waals surface area contributed by atoms with E-state index >= 15 is 0 Å². The summed E-state index contributed by atoms with van der Waals surface area (Å²) in [7, 11) is 1.75. The maximum absolute atomic E-state index is 12.1. The van der Waals surface area contributed by atoms with Crippen LogP contribution in [0.15, 0.2) is 48.5 Å². The Morgan fingerprint density at radius 2 is 1.90 bits per heavy atom. The molecule has 0 radical (unpaired) electrons. The molecule has 0 saturated carbocycles. The van der Waals surface area contributed by atoms with Crippen LogP contribution < -0.4 is 4.74 Å².